The normalized spacial score (nSPS) is 13.4. The minimum atomic E-state index is -3.76. The summed E-state index contributed by atoms with van der Waals surface area (Å²) in [6.45, 7) is 7.93. The van der Waals surface area contributed by atoms with Crippen LogP contribution in [0.4, 0.5) is 0 Å². The van der Waals surface area contributed by atoms with Gasteiger partial charge in [-0.1, -0.05) is 63.2 Å². The van der Waals surface area contributed by atoms with Crippen LogP contribution in [0.5, 0.6) is 0 Å². The second-order valence-corrected chi connectivity index (χ2v) is 9.51. The molecule has 0 fully saturated rings. The fraction of sp³-hybridized carbons (Fsp3) is 0.333. The molecule has 148 valence electrons. The zero-order valence-corrected chi connectivity index (χ0v) is 17.3. The first-order valence-electron chi connectivity index (χ1n) is 9.12. The Bertz CT molecular complexity index is 1020. The molecule has 6 nitrogen and oxygen atoms in total. The van der Waals surface area contributed by atoms with Crippen LogP contribution >= 0.6 is 0 Å². The standard InChI is InChI=1S/C21H25N3O3S/c1-15-22-23-20(27-15)19(14-16-8-6-5-7-9-16)24-28(25,26)18-12-10-17(11-13-18)21(2,3)4/h5-13,19,24H,14H2,1-4H3. The van der Waals surface area contributed by atoms with Crippen LogP contribution in [0, 0.1) is 6.92 Å². The van der Waals surface area contributed by atoms with Gasteiger partial charge in [0.15, 0.2) is 0 Å². The Hall–Kier alpha value is -2.51. The van der Waals surface area contributed by atoms with E-state index in [1.54, 1.807) is 19.1 Å². The molecule has 3 aromatic rings. The minimum absolute atomic E-state index is 0.0488. The summed E-state index contributed by atoms with van der Waals surface area (Å²) in [5.41, 5.74) is 1.99. The van der Waals surface area contributed by atoms with Crippen molar-refractivity contribution in [2.45, 2.75) is 50.5 Å². The van der Waals surface area contributed by atoms with Crippen LogP contribution in [-0.2, 0) is 21.9 Å². The molecule has 28 heavy (non-hydrogen) atoms. The molecular formula is C21H25N3O3S. The largest absolute Gasteiger partial charge is 0.424 e. The van der Waals surface area contributed by atoms with Crippen molar-refractivity contribution in [3.8, 4) is 0 Å². The smallest absolute Gasteiger partial charge is 0.241 e. The van der Waals surface area contributed by atoms with Gasteiger partial charge in [-0.2, -0.15) is 4.72 Å². The molecule has 0 amide bonds. The van der Waals surface area contributed by atoms with Gasteiger partial charge in [-0.15, -0.1) is 10.2 Å². The fourth-order valence-electron chi connectivity index (χ4n) is 2.87. The SMILES string of the molecule is Cc1nnc(C(Cc2ccccc2)NS(=O)(=O)c2ccc(C(C)(C)C)cc2)o1. The van der Waals surface area contributed by atoms with E-state index in [1.165, 1.54) is 0 Å². The summed E-state index contributed by atoms with van der Waals surface area (Å²) in [7, 11) is -3.76. The summed E-state index contributed by atoms with van der Waals surface area (Å²) >= 11 is 0. The first-order valence-corrected chi connectivity index (χ1v) is 10.6. The Morgan fingerprint density at radius 1 is 1.00 bits per heavy atom. The molecule has 1 N–H and O–H groups in total. The lowest BCUT2D eigenvalue weighted by Gasteiger charge is -2.20. The Labute approximate surface area is 166 Å². The summed E-state index contributed by atoms with van der Waals surface area (Å²) in [5, 5.41) is 7.86. The van der Waals surface area contributed by atoms with Crippen molar-refractivity contribution < 1.29 is 12.8 Å². The predicted molar refractivity (Wildman–Crippen MR) is 107 cm³/mol. The fourth-order valence-corrected chi connectivity index (χ4v) is 4.06. The molecule has 0 spiro atoms. The Morgan fingerprint density at radius 3 is 2.18 bits per heavy atom. The van der Waals surface area contributed by atoms with Gasteiger partial charge in [0.05, 0.1) is 4.90 Å². The summed E-state index contributed by atoms with van der Waals surface area (Å²) < 4.78 is 34.2. The third-order valence-electron chi connectivity index (χ3n) is 4.45. The lowest BCUT2D eigenvalue weighted by Crippen LogP contribution is -2.30. The highest BCUT2D eigenvalue weighted by molar-refractivity contribution is 7.89. The van der Waals surface area contributed by atoms with E-state index in [-0.39, 0.29) is 16.2 Å². The van der Waals surface area contributed by atoms with Crippen LogP contribution in [0.2, 0.25) is 0 Å². The maximum Gasteiger partial charge on any atom is 0.241 e. The molecule has 0 saturated carbocycles. The van der Waals surface area contributed by atoms with Gasteiger partial charge in [0.1, 0.15) is 6.04 Å². The average Bonchev–Trinajstić information content (AvgIpc) is 3.08. The molecule has 0 radical (unpaired) electrons. The van der Waals surface area contributed by atoms with Crippen molar-refractivity contribution in [3.05, 3.63) is 77.5 Å². The first kappa shape index (κ1) is 20.2. The molecule has 1 atom stereocenters. The van der Waals surface area contributed by atoms with Gasteiger partial charge >= 0.3 is 0 Å². The quantitative estimate of drug-likeness (QED) is 0.679. The van der Waals surface area contributed by atoms with Gasteiger partial charge in [-0.05, 0) is 35.1 Å². The molecule has 0 aliphatic heterocycles. The number of aryl methyl sites for hydroxylation is 1. The molecule has 2 aromatic carbocycles. The third-order valence-corrected chi connectivity index (χ3v) is 5.94. The van der Waals surface area contributed by atoms with Crippen molar-refractivity contribution in [1.29, 1.82) is 0 Å². The lowest BCUT2D eigenvalue weighted by atomic mass is 9.87. The number of nitrogens with zero attached hydrogens (tertiary/aromatic N) is 2. The van der Waals surface area contributed by atoms with Crippen molar-refractivity contribution in [2.24, 2.45) is 0 Å². The Morgan fingerprint density at radius 2 is 1.64 bits per heavy atom. The maximum atomic E-state index is 13.0. The number of sulfonamides is 1. The molecule has 0 aliphatic carbocycles. The predicted octanol–water partition coefficient (Wildman–Crippen LogP) is 3.94. The highest BCUT2D eigenvalue weighted by Crippen LogP contribution is 2.25. The zero-order chi connectivity index (χ0) is 20.4. The number of nitrogens with one attached hydrogen (secondary N) is 1. The van der Waals surface area contributed by atoms with Gasteiger partial charge in [0.25, 0.3) is 0 Å². The van der Waals surface area contributed by atoms with E-state index >= 15 is 0 Å². The first-order chi connectivity index (χ1) is 13.1. The second kappa shape index (κ2) is 7.85. The monoisotopic (exact) mass is 399 g/mol. The Balaban J connectivity index is 1.88. The molecule has 0 saturated heterocycles. The van der Waals surface area contributed by atoms with E-state index in [0.717, 1.165) is 11.1 Å². The van der Waals surface area contributed by atoms with Crippen LogP contribution in [0.1, 0.15) is 49.7 Å². The van der Waals surface area contributed by atoms with E-state index in [0.29, 0.717) is 12.3 Å². The molecule has 1 unspecified atom stereocenters. The number of hydrogen-bond donors (Lipinski definition) is 1. The van der Waals surface area contributed by atoms with Crippen LogP contribution in [0.15, 0.2) is 63.9 Å². The number of aromatic nitrogens is 2. The highest BCUT2D eigenvalue weighted by atomic mass is 32.2. The van der Waals surface area contributed by atoms with E-state index in [1.807, 2.05) is 42.5 Å². The number of rotatable bonds is 6. The summed E-state index contributed by atoms with van der Waals surface area (Å²) in [4.78, 5) is 0.204. The molecular weight excluding hydrogens is 374 g/mol. The summed E-state index contributed by atoms with van der Waals surface area (Å²) in [6, 6.07) is 15.9. The van der Waals surface area contributed by atoms with Gasteiger partial charge in [0.2, 0.25) is 21.8 Å². The van der Waals surface area contributed by atoms with Gasteiger partial charge in [-0.3, -0.25) is 0 Å². The van der Waals surface area contributed by atoms with E-state index in [9.17, 15) is 8.42 Å². The summed E-state index contributed by atoms with van der Waals surface area (Å²) in [6.07, 6.45) is 0.405. The maximum absolute atomic E-state index is 13.0. The topological polar surface area (TPSA) is 85.1 Å². The molecule has 7 heteroatoms. The molecule has 0 bridgehead atoms. The molecule has 0 aliphatic rings. The van der Waals surface area contributed by atoms with Crippen molar-refractivity contribution >= 4 is 10.0 Å². The Kier molecular flexibility index (Phi) is 5.67. The van der Waals surface area contributed by atoms with E-state index in [2.05, 4.69) is 35.7 Å². The second-order valence-electron chi connectivity index (χ2n) is 7.80. The number of benzene rings is 2. The minimum Gasteiger partial charge on any atom is -0.424 e. The van der Waals surface area contributed by atoms with Gasteiger partial charge < -0.3 is 4.42 Å². The third kappa shape index (κ3) is 4.85. The van der Waals surface area contributed by atoms with E-state index < -0.39 is 16.1 Å². The van der Waals surface area contributed by atoms with Gasteiger partial charge in [0, 0.05) is 6.92 Å². The molecule has 3 rings (SSSR count). The molecule has 1 aromatic heterocycles. The van der Waals surface area contributed by atoms with Crippen LogP contribution in [0.3, 0.4) is 0 Å². The van der Waals surface area contributed by atoms with Crippen molar-refractivity contribution in [1.82, 2.24) is 14.9 Å². The zero-order valence-electron chi connectivity index (χ0n) is 16.5. The lowest BCUT2D eigenvalue weighted by molar-refractivity contribution is 0.411. The highest BCUT2D eigenvalue weighted by Gasteiger charge is 2.26. The van der Waals surface area contributed by atoms with E-state index in [4.69, 9.17) is 4.42 Å². The average molecular weight is 400 g/mol. The molecule has 1 heterocycles. The van der Waals surface area contributed by atoms with Crippen molar-refractivity contribution in [2.75, 3.05) is 0 Å². The number of hydrogen-bond acceptors (Lipinski definition) is 5. The van der Waals surface area contributed by atoms with Crippen LogP contribution in [-0.4, -0.2) is 18.6 Å². The van der Waals surface area contributed by atoms with Crippen molar-refractivity contribution in [3.63, 3.8) is 0 Å². The van der Waals surface area contributed by atoms with Crippen LogP contribution < -0.4 is 4.72 Å². The van der Waals surface area contributed by atoms with Crippen LogP contribution in [0.25, 0.3) is 0 Å². The van der Waals surface area contributed by atoms with Gasteiger partial charge in [-0.25, -0.2) is 8.42 Å². The summed E-state index contributed by atoms with van der Waals surface area (Å²) in [5.74, 6) is 0.637.